The number of carbonyl (C=O) groups is 2. The number of methoxy groups -OCH3 is 2. The summed E-state index contributed by atoms with van der Waals surface area (Å²) in [4.78, 5) is 27.8. The van der Waals surface area contributed by atoms with Gasteiger partial charge < -0.3 is 18.9 Å². The Kier molecular flexibility index (Phi) is 7.84. The van der Waals surface area contributed by atoms with Gasteiger partial charge in [0.25, 0.3) is 11.8 Å². The number of rotatable bonds is 6. The van der Waals surface area contributed by atoms with Gasteiger partial charge in [-0.2, -0.15) is 0 Å². The second-order valence-electron chi connectivity index (χ2n) is 10.2. The van der Waals surface area contributed by atoms with Crippen LogP contribution in [-0.4, -0.2) is 56.4 Å². The van der Waals surface area contributed by atoms with Crippen LogP contribution in [0, 0.1) is 17.8 Å². The zero-order chi connectivity index (χ0) is 26.0. The summed E-state index contributed by atoms with van der Waals surface area (Å²) < 4.78 is 22.6. The lowest BCUT2D eigenvalue weighted by molar-refractivity contribution is -0.147. The minimum Gasteiger partial charge on any atom is -0.496 e. The van der Waals surface area contributed by atoms with Gasteiger partial charge in [-0.3, -0.25) is 15.0 Å². The normalized spacial score (nSPS) is 22.3. The van der Waals surface area contributed by atoms with Gasteiger partial charge in [-0.25, -0.2) is 5.01 Å². The topological polar surface area (TPSA) is 86.3 Å². The van der Waals surface area contributed by atoms with Crippen LogP contribution < -0.4 is 14.9 Å². The predicted molar refractivity (Wildman–Crippen MR) is 133 cm³/mol. The van der Waals surface area contributed by atoms with Crippen LogP contribution in [0.4, 0.5) is 0 Å². The minimum absolute atomic E-state index is 0.285. The molecule has 1 aromatic rings. The summed E-state index contributed by atoms with van der Waals surface area (Å²) in [6.45, 7) is 12.6. The molecule has 0 bridgehead atoms. The van der Waals surface area contributed by atoms with Crippen LogP contribution in [0.25, 0.3) is 0 Å². The standard InChI is InChI=1S/C27H38N2O6/c1-9-22(26(3,4)5)29(24(30)18-15-20(32-7)17(2)21(16-18)33-8)28-25(31)27(6)12-10-11-19-23(27)35-14-13-34-19/h10-12,15-16,22-23H,9,13-14H2,1-8H3,(H,28,31). The summed E-state index contributed by atoms with van der Waals surface area (Å²) in [5, 5.41) is 1.45. The molecule has 3 atom stereocenters. The van der Waals surface area contributed by atoms with Gasteiger partial charge in [0.05, 0.1) is 32.3 Å². The van der Waals surface area contributed by atoms with E-state index in [0.717, 1.165) is 5.56 Å². The van der Waals surface area contributed by atoms with Crippen LogP contribution in [0.15, 0.2) is 36.1 Å². The molecule has 0 aromatic heterocycles. The third-order valence-corrected chi connectivity index (χ3v) is 6.77. The molecule has 0 spiro atoms. The van der Waals surface area contributed by atoms with Crippen LogP contribution in [-0.2, 0) is 14.3 Å². The Labute approximate surface area is 208 Å². The van der Waals surface area contributed by atoms with Gasteiger partial charge in [0.1, 0.15) is 30.0 Å². The Morgan fingerprint density at radius 1 is 1.20 bits per heavy atom. The first-order valence-corrected chi connectivity index (χ1v) is 12.0. The van der Waals surface area contributed by atoms with Crippen molar-refractivity contribution in [1.29, 1.82) is 0 Å². The molecule has 1 saturated heterocycles. The monoisotopic (exact) mass is 486 g/mol. The van der Waals surface area contributed by atoms with Crippen molar-refractivity contribution in [2.75, 3.05) is 27.4 Å². The van der Waals surface area contributed by atoms with Gasteiger partial charge in [-0.15, -0.1) is 0 Å². The van der Waals surface area contributed by atoms with Crippen LogP contribution in [0.3, 0.4) is 0 Å². The second-order valence-corrected chi connectivity index (χ2v) is 10.2. The maximum absolute atomic E-state index is 14.0. The lowest BCUT2D eigenvalue weighted by Crippen LogP contribution is -2.60. The van der Waals surface area contributed by atoms with Gasteiger partial charge in [-0.1, -0.05) is 39.8 Å². The fraction of sp³-hybridized carbons (Fsp3) is 0.556. The first-order valence-electron chi connectivity index (χ1n) is 12.0. The Bertz CT molecular complexity index is 1000. The van der Waals surface area contributed by atoms with E-state index in [1.54, 1.807) is 45.4 Å². The fourth-order valence-electron chi connectivity index (χ4n) is 4.74. The van der Waals surface area contributed by atoms with Crippen molar-refractivity contribution < 1.29 is 28.5 Å². The molecule has 8 heteroatoms. The molecule has 0 radical (unpaired) electrons. The highest BCUT2D eigenvalue weighted by atomic mass is 16.6. The number of hydrogen-bond acceptors (Lipinski definition) is 6. The molecule has 2 aliphatic rings. The van der Waals surface area contributed by atoms with Gasteiger partial charge in [0.2, 0.25) is 0 Å². The van der Waals surface area contributed by atoms with E-state index in [4.69, 9.17) is 18.9 Å². The number of nitrogens with one attached hydrogen (secondary N) is 1. The van der Waals surface area contributed by atoms with Crippen LogP contribution in [0.5, 0.6) is 11.5 Å². The number of ether oxygens (including phenoxy) is 4. The van der Waals surface area contributed by atoms with Crippen LogP contribution >= 0.6 is 0 Å². The van der Waals surface area contributed by atoms with E-state index < -0.39 is 11.5 Å². The first kappa shape index (κ1) is 26.6. The van der Waals surface area contributed by atoms with E-state index in [9.17, 15) is 9.59 Å². The number of benzene rings is 1. The first-order chi connectivity index (χ1) is 16.5. The van der Waals surface area contributed by atoms with Crippen molar-refractivity contribution in [2.45, 2.75) is 60.1 Å². The summed E-state index contributed by atoms with van der Waals surface area (Å²) in [7, 11) is 3.10. The molecule has 2 amide bonds. The third-order valence-electron chi connectivity index (χ3n) is 6.77. The Hall–Kier alpha value is -3.00. The van der Waals surface area contributed by atoms with E-state index in [0.29, 0.717) is 42.5 Å². The minimum atomic E-state index is -1.05. The van der Waals surface area contributed by atoms with Crippen molar-refractivity contribution in [3.63, 3.8) is 0 Å². The zero-order valence-corrected chi connectivity index (χ0v) is 22.1. The highest BCUT2D eigenvalue weighted by Crippen LogP contribution is 2.38. The van der Waals surface area contributed by atoms with Crippen molar-refractivity contribution in [3.8, 4) is 11.5 Å². The molecule has 35 heavy (non-hydrogen) atoms. The summed E-state index contributed by atoms with van der Waals surface area (Å²) in [6.07, 6.45) is 5.48. The fourth-order valence-corrected chi connectivity index (χ4v) is 4.74. The highest BCUT2D eigenvalue weighted by Gasteiger charge is 2.47. The number of amides is 2. The number of carbonyl (C=O) groups excluding carboxylic acids is 2. The molecule has 0 saturated carbocycles. The molecule has 1 N–H and O–H groups in total. The smallest absolute Gasteiger partial charge is 0.272 e. The number of nitrogens with zero attached hydrogens (tertiary/aromatic N) is 1. The molecular formula is C27H38N2O6. The Morgan fingerprint density at radius 3 is 2.37 bits per heavy atom. The molecule has 1 fully saturated rings. The summed E-state index contributed by atoms with van der Waals surface area (Å²) >= 11 is 0. The summed E-state index contributed by atoms with van der Waals surface area (Å²) in [6, 6.07) is 3.07. The van der Waals surface area contributed by atoms with Crippen molar-refractivity contribution in [1.82, 2.24) is 10.4 Å². The molecule has 192 valence electrons. The predicted octanol–water partition coefficient (Wildman–Crippen LogP) is 4.19. The van der Waals surface area contributed by atoms with Crippen molar-refractivity contribution in [2.24, 2.45) is 10.8 Å². The number of hydrazine groups is 1. The SMILES string of the molecule is CCC(N(NC(=O)C1(C)C=CC=C2OCCOC21)C(=O)c1cc(OC)c(C)c(OC)c1)C(C)(C)C. The molecule has 1 aliphatic carbocycles. The Morgan fingerprint density at radius 2 is 1.83 bits per heavy atom. The van der Waals surface area contributed by atoms with E-state index in [-0.39, 0.29) is 23.3 Å². The van der Waals surface area contributed by atoms with E-state index >= 15 is 0 Å². The molecule has 8 nitrogen and oxygen atoms in total. The van der Waals surface area contributed by atoms with E-state index in [1.165, 1.54) is 5.01 Å². The Balaban J connectivity index is 2.01. The largest absolute Gasteiger partial charge is 0.496 e. The average molecular weight is 487 g/mol. The summed E-state index contributed by atoms with van der Waals surface area (Å²) in [5.74, 6) is 0.985. The van der Waals surface area contributed by atoms with Gasteiger partial charge >= 0.3 is 0 Å². The number of allylic oxidation sites excluding steroid dienone is 2. The molecule has 3 rings (SSSR count). The lowest BCUT2D eigenvalue weighted by atomic mass is 9.78. The molecular weight excluding hydrogens is 448 g/mol. The van der Waals surface area contributed by atoms with E-state index in [1.807, 2.05) is 40.7 Å². The van der Waals surface area contributed by atoms with Gasteiger partial charge in [0.15, 0.2) is 0 Å². The molecule has 1 aromatic carbocycles. The van der Waals surface area contributed by atoms with Gasteiger partial charge in [0, 0.05) is 11.1 Å². The van der Waals surface area contributed by atoms with Crippen molar-refractivity contribution in [3.05, 3.63) is 47.2 Å². The number of hydrogen-bond donors (Lipinski definition) is 1. The van der Waals surface area contributed by atoms with Crippen LogP contribution in [0.2, 0.25) is 0 Å². The zero-order valence-electron chi connectivity index (χ0n) is 22.1. The number of fused-ring (bicyclic) bond motifs is 1. The van der Waals surface area contributed by atoms with Gasteiger partial charge in [-0.05, 0) is 43.9 Å². The van der Waals surface area contributed by atoms with E-state index in [2.05, 4.69) is 5.43 Å². The molecule has 1 heterocycles. The maximum Gasteiger partial charge on any atom is 0.272 e. The third kappa shape index (κ3) is 5.17. The average Bonchev–Trinajstić information content (AvgIpc) is 2.83. The lowest BCUT2D eigenvalue weighted by Gasteiger charge is -2.43. The van der Waals surface area contributed by atoms with Crippen LogP contribution in [0.1, 0.15) is 57.0 Å². The van der Waals surface area contributed by atoms with Crippen molar-refractivity contribution >= 4 is 11.8 Å². The highest BCUT2D eigenvalue weighted by molar-refractivity contribution is 5.97. The molecule has 3 unspecified atom stereocenters. The maximum atomic E-state index is 14.0. The second kappa shape index (κ2) is 10.3. The molecule has 1 aliphatic heterocycles. The summed E-state index contributed by atoms with van der Waals surface area (Å²) in [5.41, 5.74) is 2.74. The quantitative estimate of drug-likeness (QED) is 0.607.